The minimum atomic E-state index is 0.0190. The van der Waals surface area contributed by atoms with Gasteiger partial charge in [-0.3, -0.25) is 9.59 Å². The summed E-state index contributed by atoms with van der Waals surface area (Å²) in [7, 11) is 1.65. The fraction of sp³-hybridized carbons (Fsp3) is 0.529. The Bertz CT molecular complexity index is 556. The van der Waals surface area contributed by atoms with Crippen LogP contribution in [0.15, 0.2) is 24.3 Å². The minimum Gasteiger partial charge on any atom is -0.497 e. The number of methoxy groups -OCH3 is 1. The summed E-state index contributed by atoms with van der Waals surface area (Å²) < 4.78 is 5.13. The Morgan fingerprint density at radius 1 is 1.32 bits per heavy atom. The summed E-state index contributed by atoms with van der Waals surface area (Å²) in [4.78, 5) is 25.7. The number of benzene rings is 1. The molecule has 0 aromatic heterocycles. The fourth-order valence-corrected chi connectivity index (χ4v) is 3.34. The fourth-order valence-electron chi connectivity index (χ4n) is 3.34. The van der Waals surface area contributed by atoms with Crippen LogP contribution in [0.3, 0.4) is 0 Å². The number of amides is 2. The monoisotopic (exact) mass is 302 g/mol. The molecule has 2 amide bonds. The van der Waals surface area contributed by atoms with Gasteiger partial charge in [0.1, 0.15) is 5.75 Å². The maximum absolute atomic E-state index is 12.2. The van der Waals surface area contributed by atoms with Gasteiger partial charge in [0.15, 0.2) is 0 Å². The Labute approximate surface area is 130 Å². The Balaban J connectivity index is 1.44. The van der Waals surface area contributed by atoms with Crippen LogP contribution in [-0.4, -0.2) is 43.5 Å². The Kier molecular flexibility index (Phi) is 4.32. The van der Waals surface area contributed by atoms with Gasteiger partial charge in [0, 0.05) is 32.0 Å². The number of rotatable bonds is 5. The van der Waals surface area contributed by atoms with Crippen molar-refractivity contribution >= 4 is 11.8 Å². The molecule has 1 N–H and O–H groups in total. The molecular formula is C17H22N2O3. The quantitative estimate of drug-likeness (QED) is 0.890. The molecule has 2 aliphatic rings. The number of carbonyl (C=O) groups is 2. The maximum atomic E-state index is 12.2. The van der Waals surface area contributed by atoms with Crippen LogP contribution in [0.1, 0.15) is 18.4 Å². The van der Waals surface area contributed by atoms with E-state index in [-0.39, 0.29) is 17.7 Å². The number of nitrogens with zero attached hydrogens (tertiary/aromatic N) is 1. The largest absolute Gasteiger partial charge is 0.497 e. The number of carbonyl (C=O) groups excluding carboxylic acids is 2. The van der Waals surface area contributed by atoms with Crippen molar-refractivity contribution in [2.75, 3.05) is 26.7 Å². The molecule has 0 saturated carbocycles. The molecule has 1 aromatic rings. The van der Waals surface area contributed by atoms with Gasteiger partial charge in [0.25, 0.3) is 0 Å². The molecule has 2 fully saturated rings. The predicted molar refractivity (Wildman–Crippen MR) is 82.5 cm³/mol. The first kappa shape index (κ1) is 14.9. The molecule has 0 radical (unpaired) electrons. The molecule has 1 aromatic carbocycles. The van der Waals surface area contributed by atoms with Gasteiger partial charge in [-0.2, -0.15) is 0 Å². The van der Waals surface area contributed by atoms with Gasteiger partial charge in [-0.25, -0.2) is 0 Å². The zero-order chi connectivity index (χ0) is 15.5. The van der Waals surface area contributed by atoms with E-state index in [4.69, 9.17) is 4.74 Å². The number of hydrogen-bond donors (Lipinski definition) is 1. The standard InChI is InChI=1S/C17H22N2O3/c1-22-14-7-5-12(6-8-14)3-2-4-16(20)19-10-13-9-18-17(21)15(13)11-19/h5-8,13,15H,2-4,9-11H2,1H3,(H,18,21)/t13-,15+/m0/s1. The van der Waals surface area contributed by atoms with E-state index >= 15 is 0 Å². The molecule has 5 heteroatoms. The van der Waals surface area contributed by atoms with Crippen molar-refractivity contribution in [1.82, 2.24) is 10.2 Å². The van der Waals surface area contributed by atoms with Crippen molar-refractivity contribution in [2.24, 2.45) is 11.8 Å². The summed E-state index contributed by atoms with van der Waals surface area (Å²) in [5.41, 5.74) is 1.21. The highest BCUT2D eigenvalue weighted by Crippen LogP contribution is 2.27. The Morgan fingerprint density at radius 3 is 2.77 bits per heavy atom. The van der Waals surface area contributed by atoms with Gasteiger partial charge < -0.3 is 15.0 Å². The van der Waals surface area contributed by atoms with E-state index in [1.54, 1.807) is 7.11 Å². The molecular weight excluding hydrogens is 280 g/mol. The van der Waals surface area contributed by atoms with Crippen molar-refractivity contribution in [3.63, 3.8) is 0 Å². The van der Waals surface area contributed by atoms with Gasteiger partial charge in [-0.1, -0.05) is 12.1 Å². The summed E-state index contributed by atoms with van der Waals surface area (Å²) in [6, 6.07) is 7.96. The molecule has 22 heavy (non-hydrogen) atoms. The summed E-state index contributed by atoms with van der Waals surface area (Å²) in [5.74, 6) is 1.47. The third kappa shape index (κ3) is 3.08. The van der Waals surface area contributed by atoms with Gasteiger partial charge in [0.05, 0.1) is 13.0 Å². The molecule has 2 aliphatic heterocycles. The third-order valence-corrected chi connectivity index (χ3v) is 4.68. The molecule has 0 unspecified atom stereocenters. The van der Waals surface area contributed by atoms with E-state index in [9.17, 15) is 9.59 Å². The van der Waals surface area contributed by atoms with E-state index in [1.165, 1.54) is 5.56 Å². The van der Waals surface area contributed by atoms with Crippen LogP contribution >= 0.6 is 0 Å². The van der Waals surface area contributed by atoms with Gasteiger partial charge in [0.2, 0.25) is 11.8 Å². The molecule has 118 valence electrons. The second-order valence-corrected chi connectivity index (χ2v) is 6.11. The van der Waals surface area contributed by atoms with Crippen LogP contribution in [0.4, 0.5) is 0 Å². The average molecular weight is 302 g/mol. The summed E-state index contributed by atoms with van der Waals surface area (Å²) >= 11 is 0. The van der Waals surface area contributed by atoms with Crippen LogP contribution < -0.4 is 10.1 Å². The third-order valence-electron chi connectivity index (χ3n) is 4.68. The Morgan fingerprint density at radius 2 is 2.09 bits per heavy atom. The lowest BCUT2D eigenvalue weighted by molar-refractivity contribution is -0.130. The lowest BCUT2D eigenvalue weighted by atomic mass is 10.0. The smallest absolute Gasteiger partial charge is 0.225 e. The lowest BCUT2D eigenvalue weighted by Crippen LogP contribution is -2.33. The second kappa shape index (κ2) is 6.38. The summed E-state index contributed by atoms with van der Waals surface area (Å²) in [6.07, 6.45) is 2.27. The topological polar surface area (TPSA) is 58.6 Å². The van der Waals surface area contributed by atoms with Crippen LogP contribution in [0.5, 0.6) is 5.75 Å². The van der Waals surface area contributed by atoms with Crippen molar-refractivity contribution < 1.29 is 14.3 Å². The zero-order valence-electron chi connectivity index (χ0n) is 12.9. The molecule has 0 spiro atoms. The van der Waals surface area contributed by atoms with E-state index in [0.717, 1.165) is 31.7 Å². The van der Waals surface area contributed by atoms with Crippen molar-refractivity contribution in [3.05, 3.63) is 29.8 Å². The predicted octanol–water partition coefficient (Wildman–Crippen LogP) is 1.22. The number of ether oxygens (including phenoxy) is 1. The number of fused-ring (bicyclic) bond motifs is 1. The van der Waals surface area contributed by atoms with Crippen LogP contribution in [0.25, 0.3) is 0 Å². The number of aryl methyl sites for hydroxylation is 1. The summed E-state index contributed by atoms with van der Waals surface area (Å²) in [5, 5.41) is 2.87. The highest BCUT2D eigenvalue weighted by Gasteiger charge is 2.43. The van der Waals surface area contributed by atoms with Gasteiger partial charge in [-0.05, 0) is 30.5 Å². The van der Waals surface area contributed by atoms with E-state index in [2.05, 4.69) is 5.32 Å². The molecule has 5 nitrogen and oxygen atoms in total. The highest BCUT2D eigenvalue weighted by molar-refractivity contribution is 5.84. The van der Waals surface area contributed by atoms with E-state index in [1.807, 2.05) is 29.2 Å². The molecule has 3 rings (SSSR count). The van der Waals surface area contributed by atoms with Crippen molar-refractivity contribution in [1.29, 1.82) is 0 Å². The SMILES string of the molecule is COc1ccc(CCCC(=O)N2C[C@@H]3CNC(=O)[C@@H]3C2)cc1. The van der Waals surface area contributed by atoms with Crippen LogP contribution in [-0.2, 0) is 16.0 Å². The molecule has 0 bridgehead atoms. The first-order valence-electron chi connectivity index (χ1n) is 7.86. The number of nitrogens with one attached hydrogen (secondary N) is 1. The van der Waals surface area contributed by atoms with E-state index in [0.29, 0.717) is 18.9 Å². The first-order valence-corrected chi connectivity index (χ1v) is 7.86. The molecule has 2 atom stereocenters. The lowest BCUT2D eigenvalue weighted by Gasteiger charge is -2.17. The Hall–Kier alpha value is -2.04. The van der Waals surface area contributed by atoms with Crippen LogP contribution in [0.2, 0.25) is 0 Å². The normalized spacial score (nSPS) is 23.3. The van der Waals surface area contributed by atoms with E-state index < -0.39 is 0 Å². The highest BCUT2D eigenvalue weighted by atomic mass is 16.5. The average Bonchev–Trinajstić information content (AvgIpc) is 3.10. The van der Waals surface area contributed by atoms with Crippen molar-refractivity contribution in [2.45, 2.75) is 19.3 Å². The summed E-state index contributed by atoms with van der Waals surface area (Å²) in [6.45, 7) is 2.04. The van der Waals surface area contributed by atoms with Crippen LogP contribution in [0, 0.1) is 11.8 Å². The molecule has 2 heterocycles. The molecule has 0 aliphatic carbocycles. The molecule has 2 saturated heterocycles. The van der Waals surface area contributed by atoms with Gasteiger partial charge in [-0.15, -0.1) is 0 Å². The maximum Gasteiger partial charge on any atom is 0.225 e. The zero-order valence-corrected chi connectivity index (χ0v) is 12.9. The number of likely N-dealkylation sites (tertiary alicyclic amines) is 1. The minimum absolute atomic E-state index is 0.0190. The van der Waals surface area contributed by atoms with Crippen molar-refractivity contribution in [3.8, 4) is 5.75 Å². The first-order chi connectivity index (χ1) is 10.7. The second-order valence-electron chi connectivity index (χ2n) is 6.11. The number of hydrogen-bond acceptors (Lipinski definition) is 3. The van der Waals surface area contributed by atoms with Gasteiger partial charge >= 0.3 is 0 Å².